The molecule has 0 unspecified atom stereocenters. The van der Waals surface area contributed by atoms with Gasteiger partial charge in [0.05, 0.1) is 10.9 Å². The molecule has 0 saturated carbocycles. The third-order valence-electron chi connectivity index (χ3n) is 2.90. The standard InChI is InChI=1S/C16H12FN3S/c17-14-7-2-1-5-12(14)6-3-4-9-18-15-13-8-10-21-16(13)20-11-19-15/h1-2,5,7-8,10-11H,4,9H2,(H,18,19,20). The van der Waals surface area contributed by atoms with E-state index in [2.05, 4.69) is 27.1 Å². The maximum atomic E-state index is 13.4. The Hall–Kier alpha value is -2.45. The Kier molecular flexibility index (Phi) is 4.08. The van der Waals surface area contributed by atoms with Gasteiger partial charge in [0, 0.05) is 13.0 Å². The van der Waals surface area contributed by atoms with E-state index in [9.17, 15) is 4.39 Å². The van der Waals surface area contributed by atoms with Gasteiger partial charge in [-0.15, -0.1) is 11.3 Å². The van der Waals surface area contributed by atoms with Crippen molar-refractivity contribution in [1.82, 2.24) is 9.97 Å². The van der Waals surface area contributed by atoms with Crippen LogP contribution in [0.15, 0.2) is 42.0 Å². The number of halogens is 1. The maximum Gasteiger partial charge on any atom is 0.138 e. The molecule has 0 amide bonds. The fraction of sp³-hybridized carbons (Fsp3) is 0.125. The van der Waals surface area contributed by atoms with E-state index >= 15 is 0 Å². The topological polar surface area (TPSA) is 37.8 Å². The van der Waals surface area contributed by atoms with Crippen LogP contribution >= 0.6 is 11.3 Å². The van der Waals surface area contributed by atoms with Crippen LogP contribution in [0.2, 0.25) is 0 Å². The molecule has 0 bridgehead atoms. The summed E-state index contributed by atoms with van der Waals surface area (Å²) in [7, 11) is 0. The molecular weight excluding hydrogens is 285 g/mol. The van der Waals surface area contributed by atoms with Crippen molar-refractivity contribution in [3.63, 3.8) is 0 Å². The number of hydrogen-bond acceptors (Lipinski definition) is 4. The minimum absolute atomic E-state index is 0.284. The van der Waals surface area contributed by atoms with Crippen molar-refractivity contribution in [2.75, 3.05) is 11.9 Å². The molecule has 5 heteroatoms. The van der Waals surface area contributed by atoms with Crippen LogP contribution in [-0.4, -0.2) is 16.5 Å². The highest BCUT2D eigenvalue weighted by molar-refractivity contribution is 7.16. The number of thiophene rings is 1. The summed E-state index contributed by atoms with van der Waals surface area (Å²) in [5, 5.41) is 6.24. The van der Waals surface area contributed by atoms with E-state index in [1.807, 2.05) is 11.4 Å². The summed E-state index contributed by atoms with van der Waals surface area (Å²) in [5.74, 6) is 6.33. The van der Waals surface area contributed by atoms with Crippen molar-refractivity contribution in [2.45, 2.75) is 6.42 Å². The van der Waals surface area contributed by atoms with E-state index in [1.54, 1.807) is 35.9 Å². The van der Waals surface area contributed by atoms with Gasteiger partial charge in [0.1, 0.15) is 22.8 Å². The van der Waals surface area contributed by atoms with Crippen LogP contribution in [0.1, 0.15) is 12.0 Å². The molecule has 0 fully saturated rings. The highest BCUT2D eigenvalue weighted by atomic mass is 32.1. The van der Waals surface area contributed by atoms with Crippen molar-refractivity contribution in [3.05, 3.63) is 53.4 Å². The van der Waals surface area contributed by atoms with E-state index in [0.29, 0.717) is 18.5 Å². The Bertz CT molecular complexity index is 817. The molecule has 0 atom stereocenters. The van der Waals surface area contributed by atoms with Gasteiger partial charge < -0.3 is 5.32 Å². The molecular formula is C16H12FN3S. The van der Waals surface area contributed by atoms with Gasteiger partial charge in [-0.3, -0.25) is 0 Å². The zero-order chi connectivity index (χ0) is 14.5. The Morgan fingerprint density at radius 2 is 2.10 bits per heavy atom. The number of rotatable bonds is 3. The van der Waals surface area contributed by atoms with Gasteiger partial charge in [0.2, 0.25) is 0 Å². The van der Waals surface area contributed by atoms with Crippen LogP contribution < -0.4 is 5.32 Å². The number of aromatic nitrogens is 2. The zero-order valence-electron chi connectivity index (χ0n) is 11.1. The first kappa shape index (κ1) is 13.5. The van der Waals surface area contributed by atoms with Crippen molar-refractivity contribution < 1.29 is 4.39 Å². The number of nitrogens with one attached hydrogen (secondary N) is 1. The third-order valence-corrected chi connectivity index (χ3v) is 3.72. The Morgan fingerprint density at radius 3 is 3.00 bits per heavy atom. The molecule has 0 saturated heterocycles. The molecule has 21 heavy (non-hydrogen) atoms. The third kappa shape index (κ3) is 3.18. The summed E-state index contributed by atoms with van der Waals surface area (Å²) in [6.45, 7) is 0.656. The molecule has 0 radical (unpaired) electrons. The molecule has 1 aromatic carbocycles. The van der Waals surface area contributed by atoms with Crippen LogP contribution in [0.3, 0.4) is 0 Å². The van der Waals surface area contributed by atoms with Crippen LogP contribution in [0.4, 0.5) is 10.2 Å². The Labute approximate surface area is 125 Å². The predicted octanol–water partition coefficient (Wildman–Crippen LogP) is 3.68. The van der Waals surface area contributed by atoms with Crippen LogP contribution in [0, 0.1) is 17.7 Å². The lowest BCUT2D eigenvalue weighted by Gasteiger charge is -2.03. The second-order valence-electron chi connectivity index (χ2n) is 4.32. The first-order valence-corrected chi connectivity index (χ1v) is 7.38. The molecule has 0 aliphatic heterocycles. The lowest BCUT2D eigenvalue weighted by Crippen LogP contribution is -2.02. The minimum atomic E-state index is -0.284. The summed E-state index contributed by atoms with van der Waals surface area (Å²) in [6.07, 6.45) is 2.16. The normalized spacial score (nSPS) is 10.1. The van der Waals surface area contributed by atoms with E-state index < -0.39 is 0 Å². The number of benzene rings is 1. The molecule has 3 rings (SSSR count). The Morgan fingerprint density at radius 1 is 1.19 bits per heavy atom. The fourth-order valence-electron chi connectivity index (χ4n) is 1.89. The lowest BCUT2D eigenvalue weighted by molar-refractivity contribution is 0.624. The van der Waals surface area contributed by atoms with E-state index in [0.717, 1.165) is 16.0 Å². The van der Waals surface area contributed by atoms with Crippen LogP contribution in [-0.2, 0) is 0 Å². The van der Waals surface area contributed by atoms with Gasteiger partial charge in [-0.2, -0.15) is 0 Å². The number of fused-ring (bicyclic) bond motifs is 1. The number of nitrogens with zero attached hydrogens (tertiary/aromatic N) is 2. The molecule has 0 spiro atoms. The van der Waals surface area contributed by atoms with E-state index in [4.69, 9.17) is 0 Å². The van der Waals surface area contributed by atoms with Gasteiger partial charge in [-0.25, -0.2) is 14.4 Å². The van der Waals surface area contributed by atoms with Crippen molar-refractivity contribution in [2.24, 2.45) is 0 Å². The van der Waals surface area contributed by atoms with Crippen molar-refractivity contribution in [1.29, 1.82) is 0 Å². The maximum absolute atomic E-state index is 13.4. The second-order valence-corrected chi connectivity index (χ2v) is 5.21. The lowest BCUT2D eigenvalue weighted by atomic mass is 10.2. The highest BCUT2D eigenvalue weighted by Crippen LogP contribution is 2.23. The monoisotopic (exact) mass is 297 g/mol. The Balaban J connectivity index is 1.60. The van der Waals surface area contributed by atoms with Crippen molar-refractivity contribution in [3.8, 4) is 11.8 Å². The first-order chi connectivity index (χ1) is 10.3. The quantitative estimate of drug-likeness (QED) is 0.592. The molecule has 2 aromatic heterocycles. The van der Waals surface area contributed by atoms with Gasteiger partial charge in [-0.1, -0.05) is 24.0 Å². The second kappa shape index (κ2) is 6.33. The van der Waals surface area contributed by atoms with Crippen LogP contribution in [0.25, 0.3) is 10.2 Å². The van der Waals surface area contributed by atoms with Gasteiger partial charge in [0.25, 0.3) is 0 Å². The minimum Gasteiger partial charge on any atom is -0.368 e. The molecule has 1 N–H and O–H groups in total. The number of hydrogen-bond donors (Lipinski definition) is 1. The zero-order valence-corrected chi connectivity index (χ0v) is 12.0. The highest BCUT2D eigenvalue weighted by Gasteiger charge is 2.02. The summed E-state index contributed by atoms with van der Waals surface area (Å²) in [4.78, 5) is 9.38. The van der Waals surface area contributed by atoms with Crippen LogP contribution in [0.5, 0.6) is 0 Å². The predicted molar refractivity (Wildman–Crippen MR) is 83.8 cm³/mol. The van der Waals surface area contributed by atoms with Gasteiger partial charge in [-0.05, 0) is 23.6 Å². The summed E-state index contributed by atoms with van der Waals surface area (Å²) < 4.78 is 13.4. The molecule has 0 aliphatic rings. The molecule has 3 nitrogen and oxygen atoms in total. The summed E-state index contributed by atoms with van der Waals surface area (Å²) in [5.41, 5.74) is 0.430. The van der Waals surface area contributed by atoms with Crippen molar-refractivity contribution >= 4 is 27.4 Å². The SMILES string of the molecule is Fc1ccccc1C#CCCNc1ncnc2sccc12. The average molecular weight is 297 g/mol. The largest absolute Gasteiger partial charge is 0.368 e. The first-order valence-electron chi connectivity index (χ1n) is 6.50. The summed E-state index contributed by atoms with van der Waals surface area (Å²) in [6, 6.07) is 8.52. The molecule has 0 aliphatic carbocycles. The van der Waals surface area contributed by atoms with Gasteiger partial charge >= 0.3 is 0 Å². The van der Waals surface area contributed by atoms with E-state index in [-0.39, 0.29) is 5.82 Å². The number of anilines is 1. The molecule has 104 valence electrons. The fourth-order valence-corrected chi connectivity index (χ4v) is 2.63. The van der Waals surface area contributed by atoms with Gasteiger partial charge in [0.15, 0.2) is 0 Å². The summed E-state index contributed by atoms with van der Waals surface area (Å²) >= 11 is 1.58. The van der Waals surface area contributed by atoms with E-state index in [1.165, 1.54) is 6.07 Å². The molecule has 3 aromatic rings. The molecule has 2 heterocycles. The average Bonchev–Trinajstić information content (AvgIpc) is 2.98. The smallest absolute Gasteiger partial charge is 0.138 e.